The number of hydrogen-bond donors (Lipinski definition) is 1. The van der Waals surface area contributed by atoms with E-state index in [0.29, 0.717) is 28.1 Å². The van der Waals surface area contributed by atoms with Crippen molar-refractivity contribution in [2.45, 2.75) is 32.4 Å². The SMILES string of the molecule is COc1cc2nc(Nc3nc(OC(=O)C(F)(F)F)c4cc(N5CCCCC5)ccc4n3)nc(C)c2cc1OC. The molecule has 13 heteroatoms. The summed E-state index contributed by atoms with van der Waals surface area (Å²) < 4.78 is 54.6. The standard InChI is InChI=1S/C26H25F3N6O4/c1-14-16-12-20(37-2)21(38-3)13-19(16)32-24(30-14)34-25-31-18-8-7-15(35-9-5-4-6-10-35)11-17(18)22(33-25)39-23(36)26(27,28)29/h7-8,11-13H,4-6,9-10H2,1-3H3,(H,30,31,32,33,34). The molecular weight excluding hydrogens is 517 g/mol. The lowest BCUT2D eigenvalue weighted by Gasteiger charge is -2.29. The Morgan fingerprint density at radius 3 is 2.23 bits per heavy atom. The molecule has 0 amide bonds. The van der Waals surface area contributed by atoms with Crippen LogP contribution in [-0.4, -0.2) is 59.4 Å². The van der Waals surface area contributed by atoms with Gasteiger partial charge in [0, 0.05) is 30.2 Å². The molecule has 3 heterocycles. The number of esters is 1. The first kappa shape index (κ1) is 26.2. The van der Waals surface area contributed by atoms with Crippen molar-refractivity contribution >= 4 is 45.4 Å². The summed E-state index contributed by atoms with van der Waals surface area (Å²) in [4.78, 5) is 31.3. The molecule has 0 bridgehead atoms. The number of aryl methyl sites for hydroxylation is 1. The first-order valence-corrected chi connectivity index (χ1v) is 12.2. The number of aromatic nitrogens is 4. The quantitative estimate of drug-likeness (QED) is 0.330. The number of piperidine rings is 1. The molecule has 0 aliphatic carbocycles. The second kappa shape index (κ2) is 10.4. The fourth-order valence-electron chi connectivity index (χ4n) is 4.48. The number of anilines is 3. The number of halogens is 3. The van der Waals surface area contributed by atoms with Crippen LogP contribution in [0.25, 0.3) is 21.8 Å². The zero-order valence-corrected chi connectivity index (χ0v) is 21.4. The maximum absolute atomic E-state index is 13.1. The van der Waals surface area contributed by atoms with E-state index < -0.39 is 18.0 Å². The van der Waals surface area contributed by atoms with E-state index in [-0.39, 0.29) is 22.8 Å². The summed E-state index contributed by atoms with van der Waals surface area (Å²) in [6.07, 6.45) is -2.06. The summed E-state index contributed by atoms with van der Waals surface area (Å²) >= 11 is 0. The number of ether oxygens (including phenoxy) is 3. The van der Waals surface area contributed by atoms with Crippen molar-refractivity contribution in [3.05, 3.63) is 36.0 Å². The minimum Gasteiger partial charge on any atom is -0.493 e. The number of carbonyl (C=O) groups excluding carboxylic acids is 1. The largest absolute Gasteiger partial charge is 0.493 e. The lowest BCUT2D eigenvalue weighted by molar-refractivity contribution is -0.189. The lowest BCUT2D eigenvalue weighted by atomic mass is 10.1. The molecule has 10 nitrogen and oxygen atoms in total. The monoisotopic (exact) mass is 542 g/mol. The summed E-state index contributed by atoms with van der Waals surface area (Å²) in [6.45, 7) is 3.40. The van der Waals surface area contributed by atoms with E-state index in [2.05, 4.69) is 30.2 Å². The molecule has 0 spiro atoms. The van der Waals surface area contributed by atoms with E-state index in [0.717, 1.165) is 38.0 Å². The molecule has 39 heavy (non-hydrogen) atoms. The molecule has 1 aliphatic rings. The van der Waals surface area contributed by atoms with Gasteiger partial charge < -0.3 is 19.1 Å². The van der Waals surface area contributed by atoms with Gasteiger partial charge in [0.25, 0.3) is 0 Å². The molecule has 4 aromatic rings. The van der Waals surface area contributed by atoms with Crippen LogP contribution >= 0.6 is 0 Å². The Bertz CT molecular complexity index is 1560. The van der Waals surface area contributed by atoms with Gasteiger partial charge in [0.1, 0.15) is 0 Å². The third-order valence-corrected chi connectivity index (χ3v) is 6.40. The van der Waals surface area contributed by atoms with Gasteiger partial charge in [-0.3, -0.25) is 5.32 Å². The van der Waals surface area contributed by atoms with Crippen LogP contribution in [0.15, 0.2) is 30.3 Å². The van der Waals surface area contributed by atoms with Crippen LogP contribution in [0.5, 0.6) is 17.4 Å². The predicted molar refractivity (Wildman–Crippen MR) is 138 cm³/mol. The number of methoxy groups -OCH3 is 2. The maximum Gasteiger partial charge on any atom is 0.491 e. The second-order valence-electron chi connectivity index (χ2n) is 8.97. The number of alkyl halides is 3. The summed E-state index contributed by atoms with van der Waals surface area (Å²) in [5.41, 5.74) is 2.19. The van der Waals surface area contributed by atoms with Crippen molar-refractivity contribution in [3.63, 3.8) is 0 Å². The normalized spacial score (nSPS) is 13.9. The molecule has 1 fully saturated rings. The number of rotatable bonds is 6. The highest BCUT2D eigenvalue weighted by Crippen LogP contribution is 2.34. The second-order valence-corrected chi connectivity index (χ2v) is 8.97. The molecule has 0 radical (unpaired) electrons. The van der Waals surface area contributed by atoms with Crippen LogP contribution in [0.4, 0.5) is 30.8 Å². The topological polar surface area (TPSA) is 112 Å². The highest BCUT2D eigenvalue weighted by Gasteiger charge is 2.42. The third kappa shape index (κ3) is 5.42. The van der Waals surface area contributed by atoms with E-state index in [1.165, 1.54) is 14.2 Å². The highest BCUT2D eigenvalue weighted by molar-refractivity contribution is 5.91. The van der Waals surface area contributed by atoms with Gasteiger partial charge in [0.2, 0.25) is 17.8 Å². The van der Waals surface area contributed by atoms with Crippen LogP contribution in [0.1, 0.15) is 25.0 Å². The van der Waals surface area contributed by atoms with Gasteiger partial charge in [-0.1, -0.05) is 0 Å². The van der Waals surface area contributed by atoms with Crippen LogP contribution in [-0.2, 0) is 4.79 Å². The van der Waals surface area contributed by atoms with Gasteiger partial charge in [0.15, 0.2) is 11.5 Å². The number of nitrogens with zero attached hydrogens (tertiary/aromatic N) is 5. The van der Waals surface area contributed by atoms with E-state index in [9.17, 15) is 18.0 Å². The van der Waals surface area contributed by atoms with Gasteiger partial charge in [-0.2, -0.15) is 18.2 Å². The van der Waals surface area contributed by atoms with Crippen molar-refractivity contribution in [3.8, 4) is 17.4 Å². The number of carbonyl (C=O) groups is 1. The van der Waals surface area contributed by atoms with Crippen molar-refractivity contribution in [1.82, 2.24) is 19.9 Å². The zero-order chi connectivity index (χ0) is 27.7. The van der Waals surface area contributed by atoms with E-state index >= 15 is 0 Å². The molecule has 204 valence electrons. The minimum absolute atomic E-state index is 0.0876. The molecule has 2 aromatic heterocycles. The van der Waals surface area contributed by atoms with Gasteiger partial charge in [-0.15, -0.1) is 0 Å². The number of nitrogens with one attached hydrogen (secondary N) is 1. The molecule has 1 N–H and O–H groups in total. The van der Waals surface area contributed by atoms with Crippen LogP contribution in [0.3, 0.4) is 0 Å². The summed E-state index contributed by atoms with van der Waals surface area (Å²) in [7, 11) is 3.02. The summed E-state index contributed by atoms with van der Waals surface area (Å²) in [5, 5.41) is 3.71. The molecule has 5 rings (SSSR count). The van der Waals surface area contributed by atoms with Crippen LogP contribution < -0.4 is 24.4 Å². The van der Waals surface area contributed by atoms with Crippen LogP contribution in [0, 0.1) is 6.92 Å². The van der Waals surface area contributed by atoms with Crippen molar-refractivity contribution in [1.29, 1.82) is 0 Å². The van der Waals surface area contributed by atoms with Gasteiger partial charge in [-0.25, -0.2) is 19.7 Å². The number of hydrogen-bond acceptors (Lipinski definition) is 10. The van der Waals surface area contributed by atoms with Crippen molar-refractivity contribution in [2.24, 2.45) is 0 Å². The van der Waals surface area contributed by atoms with Gasteiger partial charge in [-0.05, 0) is 50.5 Å². The van der Waals surface area contributed by atoms with E-state index in [1.54, 1.807) is 31.2 Å². The van der Waals surface area contributed by atoms with E-state index in [1.807, 2.05) is 6.07 Å². The Morgan fingerprint density at radius 2 is 1.54 bits per heavy atom. The van der Waals surface area contributed by atoms with E-state index in [4.69, 9.17) is 14.2 Å². The predicted octanol–water partition coefficient (Wildman–Crippen LogP) is 5.10. The molecule has 0 saturated carbocycles. The molecule has 2 aromatic carbocycles. The van der Waals surface area contributed by atoms with Crippen molar-refractivity contribution < 1.29 is 32.2 Å². The Labute approximate surface area is 221 Å². The Balaban J connectivity index is 1.56. The molecular formula is C26H25F3N6O4. The van der Waals surface area contributed by atoms with Gasteiger partial charge >= 0.3 is 12.1 Å². The number of benzene rings is 2. The molecule has 1 saturated heterocycles. The Hall–Kier alpha value is -4.42. The fourth-order valence-corrected chi connectivity index (χ4v) is 4.48. The van der Waals surface area contributed by atoms with Crippen molar-refractivity contribution in [2.75, 3.05) is 37.5 Å². The average molecular weight is 543 g/mol. The average Bonchev–Trinajstić information content (AvgIpc) is 2.92. The first-order chi connectivity index (χ1) is 18.7. The Morgan fingerprint density at radius 1 is 0.872 bits per heavy atom. The summed E-state index contributed by atoms with van der Waals surface area (Å²) in [6, 6.07) is 8.54. The lowest BCUT2D eigenvalue weighted by Crippen LogP contribution is -2.29. The number of fused-ring (bicyclic) bond motifs is 2. The smallest absolute Gasteiger partial charge is 0.491 e. The maximum atomic E-state index is 13.1. The fraction of sp³-hybridized carbons (Fsp3) is 0.346. The molecule has 0 atom stereocenters. The Kier molecular flexibility index (Phi) is 6.98. The first-order valence-electron chi connectivity index (χ1n) is 12.2. The third-order valence-electron chi connectivity index (χ3n) is 6.40. The molecule has 0 unspecified atom stereocenters. The summed E-state index contributed by atoms with van der Waals surface area (Å²) in [5.74, 6) is -1.98. The molecule has 1 aliphatic heterocycles. The highest BCUT2D eigenvalue weighted by atomic mass is 19.4. The minimum atomic E-state index is -5.20. The van der Waals surface area contributed by atoms with Gasteiger partial charge in [0.05, 0.1) is 36.3 Å². The van der Waals surface area contributed by atoms with Crippen LogP contribution in [0.2, 0.25) is 0 Å². The zero-order valence-electron chi connectivity index (χ0n) is 21.4.